The average Bonchev–Trinajstić information content (AvgIpc) is 4.08. The van der Waals surface area contributed by atoms with Gasteiger partial charge in [-0.2, -0.15) is 0 Å². The highest BCUT2D eigenvalue weighted by molar-refractivity contribution is 6.01. The summed E-state index contributed by atoms with van der Waals surface area (Å²) in [4.78, 5) is 76.8. The van der Waals surface area contributed by atoms with E-state index in [2.05, 4.69) is 20.3 Å². The molecule has 59 heavy (non-hydrogen) atoms. The van der Waals surface area contributed by atoms with E-state index >= 15 is 0 Å². The number of hydrogen-bond acceptors (Lipinski definition) is 10. The predicted octanol–water partition coefficient (Wildman–Crippen LogP) is 7.46. The first-order valence-electron chi connectivity index (χ1n) is 20.3. The minimum Gasteiger partial charge on any atom is -0.469 e. The Hall–Kier alpha value is -6.25. The fraction of sp³-hybridized carbons (Fsp3) is 0.432. The van der Waals surface area contributed by atoms with E-state index in [1.165, 1.54) is 20.6 Å². The number of benzene rings is 3. The zero-order chi connectivity index (χ0) is 41.5. The number of rotatable bonds is 11. The molecule has 0 bridgehead atoms. The van der Waals surface area contributed by atoms with Crippen molar-refractivity contribution in [2.24, 2.45) is 17.8 Å². The maximum atomic E-state index is 13.8. The number of carbonyl (C=O) groups excluding carboxylic acids is 4. The molecule has 2 fully saturated rings. The van der Waals surface area contributed by atoms with E-state index in [4.69, 9.17) is 23.9 Å². The third-order valence-corrected chi connectivity index (χ3v) is 11.9. The van der Waals surface area contributed by atoms with Crippen molar-refractivity contribution in [1.82, 2.24) is 40.0 Å². The van der Waals surface area contributed by atoms with Crippen molar-refractivity contribution in [3.05, 3.63) is 66.6 Å². The highest BCUT2D eigenvalue weighted by Crippen LogP contribution is 2.39. The van der Waals surface area contributed by atoms with Crippen LogP contribution in [0.3, 0.4) is 0 Å². The number of oxazole rings is 1. The number of hydrogen-bond donors (Lipinski definition) is 3. The van der Waals surface area contributed by atoms with Gasteiger partial charge in [-0.25, -0.2) is 19.7 Å². The van der Waals surface area contributed by atoms with Gasteiger partial charge in [-0.3, -0.25) is 14.4 Å². The van der Waals surface area contributed by atoms with E-state index in [0.717, 1.165) is 75.8 Å². The third-order valence-electron chi connectivity index (χ3n) is 11.9. The molecule has 4 atom stereocenters. The van der Waals surface area contributed by atoms with E-state index in [1.807, 2.05) is 81.1 Å². The van der Waals surface area contributed by atoms with Crippen molar-refractivity contribution in [2.75, 3.05) is 27.3 Å². The second kappa shape index (κ2) is 16.2. The Morgan fingerprint density at radius 1 is 0.780 bits per heavy atom. The Balaban J connectivity index is 1.04. The van der Waals surface area contributed by atoms with Crippen LogP contribution in [0.2, 0.25) is 0 Å². The number of alkyl carbamates (subject to hydrolysis) is 1. The number of nitrogens with zero attached hydrogens (tertiary/aromatic N) is 5. The van der Waals surface area contributed by atoms with E-state index in [0.29, 0.717) is 30.0 Å². The Kier molecular flexibility index (Phi) is 10.9. The van der Waals surface area contributed by atoms with Gasteiger partial charge in [0.05, 0.1) is 60.7 Å². The zero-order valence-corrected chi connectivity index (χ0v) is 34.2. The summed E-state index contributed by atoms with van der Waals surface area (Å²) in [5.74, 6) is 0.226. The monoisotopic (exact) mass is 802 g/mol. The SMILES string of the molecule is COC(=O)C[C@H](C(=O)N1CCC[C@H]1c1nc2ccc(-c3ccc(-c4ccc5nc([C@@H]6CCCN6C(=O)[C@@H](NC(=O)OC)C(C)C)[nH]c5c4)c4ocnc34)cc2[nH]1)C(C)C. The number of H-pyrrole nitrogens is 2. The van der Waals surface area contributed by atoms with Gasteiger partial charge < -0.3 is 39.0 Å². The van der Waals surface area contributed by atoms with Crippen LogP contribution in [0.4, 0.5) is 4.79 Å². The molecule has 308 valence electrons. The molecule has 3 aromatic carbocycles. The Morgan fingerprint density at radius 2 is 1.36 bits per heavy atom. The zero-order valence-electron chi connectivity index (χ0n) is 34.2. The number of esters is 1. The lowest BCUT2D eigenvalue weighted by Gasteiger charge is -2.29. The maximum absolute atomic E-state index is 13.8. The van der Waals surface area contributed by atoms with Gasteiger partial charge in [0.2, 0.25) is 11.8 Å². The standard InChI is InChI=1S/C44H50N8O7/c1-23(2)29(21-36(53)57-5)42(54)51-17-7-9-34(51)40-46-30-15-11-25(19-32(30)48-40)27-13-14-28(39-38(27)45-22-59-39)26-12-16-31-33(20-26)49-41(47-31)35-10-8-18-52(35)43(55)37(24(3)4)50-44(56)58-6/h11-16,19-20,22-24,29,34-35,37H,7-10,17-18,21H2,1-6H3,(H,46,48)(H,47,49)(H,50,56)/t29-,34-,35-,37-/m0/s1. The van der Waals surface area contributed by atoms with Crippen LogP contribution in [-0.4, -0.2) is 91.9 Å². The van der Waals surface area contributed by atoms with Gasteiger partial charge in [0.1, 0.15) is 23.2 Å². The van der Waals surface area contributed by atoms with Crippen molar-refractivity contribution >= 4 is 57.0 Å². The first-order chi connectivity index (χ1) is 28.4. The normalized spacial score (nSPS) is 18.0. The van der Waals surface area contributed by atoms with Crippen LogP contribution in [0.1, 0.15) is 83.5 Å². The minimum atomic E-state index is -0.714. The first-order valence-corrected chi connectivity index (χ1v) is 20.3. The van der Waals surface area contributed by atoms with Crippen LogP contribution in [-0.2, 0) is 23.9 Å². The lowest BCUT2D eigenvalue weighted by atomic mass is 9.91. The molecule has 3 aromatic heterocycles. The van der Waals surface area contributed by atoms with Gasteiger partial charge in [0.25, 0.3) is 0 Å². The summed E-state index contributed by atoms with van der Waals surface area (Å²) in [5, 5.41) is 2.70. The van der Waals surface area contributed by atoms with Gasteiger partial charge in [-0.15, -0.1) is 0 Å². The average molecular weight is 803 g/mol. The molecular weight excluding hydrogens is 753 g/mol. The molecular formula is C44H50N8O7. The number of aromatic amines is 2. The molecule has 15 heteroatoms. The number of imidazole rings is 2. The fourth-order valence-corrected chi connectivity index (χ4v) is 8.71. The molecule has 2 aliphatic heterocycles. The molecule has 15 nitrogen and oxygen atoms in total. The van der Waals surface area contributed by atoms with Gasteiger partial charge in [0, 0.05) is 24.2 Å². The quantitative estimate of drug-likeness (QED) is 0.111. The van der Waals surface area contributed by atoms with Crippen molar-refractivity contribution < 1.29 is 33.1 Å². The summed E-state index contributed by atoms with van der Waals surface area (Å²) in [5.41, 5.74) is 8.21. The molecule has 3 N–H and O–H groups in total. The number of amides is 3. The number of carbonyl (C=O) groups is 4. The molecule has 0 aliphatic carbocycles. The van der Waals surface area contributed by atoms with Crippen molar-refractivity contribution in [1.29, 1.82) is 0 Å². The van der Waals surface area contributed by atoms with Crippen LogP contribution in [0.15, 0.2) is 59.3 Å². The van der Waals surface area contributed by atoms with Crippen LogP contribution >= 0.6 is 0 Å². The van der Waals surface area contributed by atoms with Crippen LogP contribution < -0.4 is 5.32 Å². The van der Waals surface area contributed by atoms with Crippen LogP contribution in [0.5, 0.6) is 0 Å². The molecule has 8 rings (SSSR count). The third kappa shape index (κ3) is 7.49. The van der Waals surface area contributed by atoms with Crippen LogP contribution in [0, 0.1) is 17.8 Å². The molecule has 2 aliphatic rings. The second-order valence-electron chi connectivity index (χ2n) is 16.3. The van der Waals surface area contributed by atoms with Gasteiger partial charge in [0.15, 0.2) is 12.0 Å². The molecule has 0 unspecified atom stereocenters. The largest absolute Gasteiger partial charge is 0.469 e. The number of fused-ring (bicyclic) bond motifs is 3. The Bertz CT molecular complexity index is 2380. The topological polar surface area (TPSA) is 189 Å². The Labute approximate surface area is 341 Å². The minimum absolute atomic E-state index is 0.0171. The number of ether oxygens (including phenoxy) is 2. The van der Waals surface area contributed by atoms with E-state index in [9.17, 15) is 19.2 Å². The second-order valence-corrected chi connectivity index (χ2v) is 16.3. The Morgan fingerprint density at radius 3 is 1.92 bits per heavy atom. The van der Waals surface area contributed by atoms with Gasteiger partial charge in [-0.05, 0) is 79.0 Å². The summed E-state index contributed by atoms with van der Waals surface area (Å²) in [6.07, 6.45) is 4.08. The van der Waals surface area contributed by atoms with E-state index < -0.39 is 18.1 Å². The summed E-state index contributed by atoms with van der Waals surface area (Å²) < 4.78 is 15.7. The predicted molar refractivity (Wildman–Crippen MR) is 221 cm³/mol. The smallest absolute Gasteiger partial charge is 0.407 e. The van der Waals surface area contributed by atoms with E-state index in [1.54, 1.807) is 4.90 Å². The molecule has 0 radical (unpaired) electrons. The summed E-state index contributed by atoms with van der Waals surface area (Å²) in [6.45, 7) is 8.89. The number of aromatic nitrogens is 5. The lowest BCUT2D eigenvalue weighted by Crippen LogP contribution is -2.51. The van der Waals surface area contributed by atoms with E-state index in [-0.39, 0.29) is 48.1 Å². The summed E-state index contributed by atoms with van der Waals surface area (Å²) in [6, 6.07) is 14.9. The molecule has 3 amide bonds. The number of likely N-dealkylation sites (tertiary alicyclic amines) is 2. The molecule has 2 saturated heterocycles. The fourth-order valence-electron chi connectivity index (χ4n) is 8.71. The number of nitrogens with one attached hydrogen (secondary N) is 3. The van der Waals surface area contributed by atoms with Crippen molar-refractivity contribution in [3.63, 3.8) is 0 Å². The molecule has 0 saturated carbocycles. The van der Waals surface area contributed by atoms with Crippen LogP contribution in [0.25, 0.3) is 55.4 Å². The first kappa shape index (κ1) is 39.6. The van der Waals surface area contributed by atoms with Crippen molar-refractivity contribution in [3.8, 4) is 22.3 Å². The van der Waals surface area contributed by atoms with Crippen molar-refractivity contribution in [2.45, 2.75) is 77.9 Å². The van der Waals surface area contributed by atoms with Gasteiger partial charge in [-0.1, -0.05) is 45.9 Å². The number of methoxy groups -OCH3 is 2. The summed E-state index contributed by atoms with van der Waals surface area (Å²) in [7, 11) is 2.63. The molecule has 5 heterocycles. The lowest BCUT2D eigenvalue weighted by molar-refractivity contribution is -0.148. The highest BCUT2D eigenvalue weighted by Gasteiger charge is 2.39. The molecule has 6 aromatic rings. The summed E-state index contributed by atoms with van der Waals surface area (Å²) >= 11 is 0. The van der Waals surface area contributed by atoms with Gasteiger partial charge >= 0.3 is 12.1 Å². The maximum Gasteiger partial charge on any atom is 0.407 e. The highest BCUT2D eigenvalue weighted by atomic mass is 16.5. The molecule has 0 spiro atoms.